The molecule has 1 aromatic rings. The number of hydrogen-bond donors (Lipinski definition) is 1. The van der Waals surface area contributed by atoms with Crippen LogP contribution < -0.4 is 5.32 Å². The fourth-order valence-corrected chi connectivity index (χ4v) is 6.14. The highest BCUT2D eigenvalue weighted by molar-refractivity contribution is 7.10. The summed E-state index contributed by atoms with van der Waals surface area (Å²) in [6.45, 7) is 2.76. The largest absolute Gasteiger partial charge is 0.342 e. The Hall–Kier alpha value is -1.91. The van der Waals surface area contributed by atoms with E-state index < -0.39 is 0 Å². The molecule has 0 spiro atoms. The molecule has 0 bridgehead atoms. The second-order valence-corrected chi connectivity index (χ2v) is 9.90. The third-order valence-electron chi connectivity index (χ3n) is 7.09. The Morgan fingerprint density at radius 1 is 1.10 bits per heavy atom. The first-order valence-corrected chi connectivity index (χ1v) is 12.3. The summed E-state index contributed by atoms with van der Waals surface area (Å²) in [4.78, 5) is 30.6. The lowest BCUT2D eigenvalue weighted by Crippen LogP contribution is -2.46. The van der Waals surface area contributed by atoms with E-state index in [1.165, 1.54) is 4.88 Å². The van der Waals surface area contributed by atoms with E-state index in [-0.39, 0.29) is 17.9 Å². The maximum Gasteiger partial charge on any atom is 0.237 e. The summed E-state index contributed by atoms with van der Waals surface area (Å²) in [6, 6.07) is 6.61. The Bertz CT molecular complexity index is 759. The molecule has 6 nitrogen and oxygen atoms in total. The zero-order valence-corrected chi connectivity index (χ0v) is 18.4. The van der Waals surface area contributed by atoms with Crippen LogP contribution in [0, 0.1) is 17.2 Å². The second-order valence-electron chi connectivity index (χ2n) is 8.92. The van der Waals surface area contributed by atoms with Crippen LogP contribution >= 0.6 is 11.3 Å². The summed E-state index contributed by atoms with van der Waals surface area (Å²) >= 11 is 1.83. The lowest BCUT2D eigenvalue weighted by Gasteiger charge is -2.36. The van der Waals surface area contributed by atoms with Crippen molar-refractivity contribution >= 4 is 23.2 Å². The Kier molecular flexibility index (Phi) is 7.06. The zero-order valence-electron chi connectivity index (χ0n) is 17.6. The van der Waals surface area contributed by atoms with Crippen molar-refractivity contribution in [1.29, 1.82) is 5.26 Å². The van der Waals surface area contributed by atoms with E-state index in [2.05, 4.69) is 33.8 Å². The molecule has 1 saturated carbocycles. The molecular weight excluding hydrogens is 396 g/mol. The Morgan fingerprint density at radius 3 is 2.53 bits per heavy atom. The van der Waals surface area contributed by atoms with Gasteiger partial charge in [0.05, 0.1) is 12.6 Å². The number of carbonyl (C=O) groups excluding carboxylic acids is 2. The van der Waals surface area contributed by atoms with E-state index in [0.717, 1.165) is 64.5 Å². The Labute approximate surface area is 183 Å². The van der Waals surface area contributed by atoms with Crippen LogP contribution in [0.3, 0.4) is 0 Å². The highest BCUT2D eigenvalue weighted by Gasteiger charge is 2.33. The van der Waals surface area contributed by atoms with Gasteiger partial charge in [-0.05, 0) is 68.7 Å². The summed E-state index contributed by atoms with van der Waals surface area (Å²) in [5, 5.41) is 14.7. The number of amides is 2. The molecule has 1 aliphatic carbocycles. The highest BCUT2D eigenvalue weighted by atomic mass is 32.1. The Morgan fingerprint density at radius 2 is 1.87 bits per heavy atom. The minimum Gasteiger partial charge on any atom is -0.342 e. The molecule has 0 radical (unpaired) electrons. The van der Waals surface area contributed by atoms with Crippen LogP contribution in [-0.2, 0) is 9.59 Å². The number of carbonyl (C=O) groups is 2. The fraction of sp³-hybridized carbons (Fsp3) is 0.696. The molecule has 162 valence electrons. The summed E-state index contributed by atoms with van der Waals surface area (Å²) in [7, 11) is 0. The van der Waals surface area contributed by atoms with Gasteiger partial charge < -0.3 is 15.1 Å². The van der Waals surface area contributed by atoms with E-state index in [1.54, 1.807) is 4.90 Å². The van der Waals surface area contributed by atoms with Crippen LogP contribution in [0.4, 0.5) is 0 Å². The van der Waals surface area contributed by atoms with Crippen molar-refractivity contribution in [2.24, 2.45) is 5.92 Å². The summed E-state index contributed by atoms with van der Waals surface area (Å²) < 4.78 is 0. The van der Waals surface area contributed by atoms with Crippen molar-refractivity contribution < 1.29 is 9.59 Å². The van der Waals surface area contributed by atoms with Crippen LogP contribution in [0.25, 0.3) is 0 Å². The molecule has 30 heavy (non-hydrogen) atoms. The van der Waals surface area contributed by atoms with Crippen LogP contribution in [0.15, 0.2) is 17.5 Å². The third-order valence-corrected chi connectivity index (χ3v) is 8.13. The van der Waals surface area contributed by atoms with Gasteiger partial charge in [0, 0.05) is 36.5 Å². The van der Waals surface area contributed by atoms with Crippen molar-refractivity contribution in [3.63, 3.8) is 0 Å². The van der Waals surface area contributed by atoms with Gasteiger partial charge in [-0.1, -0.05) is 6.07 Å². The van der Waals surface area contributed by atoms with E-state index in [9.17, 15) is 9.59 Å². The van der Waals surface area contributed by atoms with Gasteiger partial charge in [-0.15, -0.1) is 11.3 Å². The van der Waals surface area contributed by atoms with Crippen LogP contribution in [-0.4, -0.2) is 59.9 Å². The maximum atomic E-state index is 13.0. The molecule has 2 saturated heterocycles. The molecule has 0 aromatic carbocycles. The maximum absolute atomic E-state index is 13.0. The molecule has 1 aromatic heterocycles. The average Bonchev–Trinajstić information content (AvgIpc) is 3.49. The molecule has 3 aliphatic rings. The minimum atomic E-state index is -0.253. The van der Waals surface area contributed by atoms with Crippen LogP contribution in [0.1, 0.15) is 62.2 Å². The quantitative estimate of drug-likeness (QED) is 0.782. The van der Waals surface area contributed by atoms with Gasteiger partial charge >= 0.3 is 0 Å². The van der Waals surface area contributed by atoms with Gasteiger partial charge in [-0.3, -0.25) is 9.59 Å². The number of rotatable bonds is 5. The first-order valence-electron chi connectivity index (χ1n) is 11.4. The fourth-order valence-electron chi connectivity index (χ4n) is 5.24. The molecule has 2 amide bonds. The number of nitrogens with zero attached hydrogens (tertiary/aromatic N) is 3. The van der Waals surface area contributed by atoms with Gasteiger partial charge in [0.1, 0.15) is 6.04 Å². The van der Waals surface area contributed by atoms with Crippen LogP contribution in [0.2, 0.25) is 0 Å². The van der Waals surface area contributed by atoms with Crippen molar-refractivity contribution in [3.05, 3.63) is 22.4 Å². The first-order chi connectivity index (χ1) is 14.7. The van der Waals surface area contributed by atoms with Gasteiger partial charge in [-0.2, -0.15) is 5.26 Å². The van der Waals surface area contributed by atoms with Gasteiger partial charge in [0.25, 0.3) is 0 Å². The van der Waals surface area contributed by atoms with Crippen LogP contribution in [0.5, 0.6) is 0 Å². The predicted molar refractivity (Wildman–Crippen MR) is 117 cm³/mol. The zero-order chi connectivity index (χ0) is 20.9. The lowest BCUT2D eigenvalue weighted by atomic mass is 9.84. The number of nitrogens with one attached hydrogen (secondary N) is 1. The van der Waals surface area contributed by atoms with Crippen molar-refractivity contribution in [1.82, 2.24) is 15.1 Å². The second kappa shape index (κ2) is 9.93. The molecule has 3 fully saturated rings. The molecule has 0 unspecified atom stereocenters. The molecule has 4 rings (SSSR count). The topological polar surface area (TPSA) is 76.4 Å². The number of piperidine rings is 1. The average molecular weight is 429 g/mol. The van der Waals surface area contributed by atoms with E-state index in [4.69, 9.17) is 5.26 Å². The third kappa shape index (κ3) is 4.87. The predicted octanol–water partition coefficient (Wildman–Crippen LogP) is 3.12. The van der Waals surface area contributed by atoms with E-state index in [0.29, 0.717) is 31.0 Å². The molecule has 1 atom stereocenters. The SMILES string of the molecule is N#C[C@@H]1CCCN1C(=O)CNC1CCC(C(=O)N2CCC(c3cccs3)CC2)CC1. The molecular formula is C23H32N4O2S. The standard InChI is InChI=1S/C23H32N4O2S/c24-15-20-3-1-11-27(20)22(28)16-25-19-7-5-18(6-8-19)23(29)26-12-9-17(10-13-26)21-4-2-14-30-21/h2,4,14,17-20,25H,1,3,5-13,16H2/t18?,19?,20-/m0/s1. The summed E-state index contributed by atoms with van der Waals surface area (Å²) in [5.74, 6) is 1.12. The minimum absolute atomic E-state index is 0.0332. The molecule has 2 aliphatic heterocycles. The summed E-state index contributed by atoms with van der Waals surface area (Å²) in [6.07, 6.45) is 7.55. The number of nitriles is 1. The highest BCUT2D eigenvalue weighted by Crippen LogP contribution is 2.33. The number of thiophene rings is 1. The monoisotopic (exact) mass is 428 g/mol. The van der Waals surface area contributed by atoms with Gasteiger partial charge in [0.15, 0.2) is 0 Å². The lowest BCUT2D eigenvalue weighted by molar-refractivity contribution is -0.138. The van der Waals surface area contributed by atoms with Crippen molar-refractivity contribution in [2.45, 2.75) is 69.4 Å². The number of hydrogen-bond acceptors (Lipinski definition) is 5. The van der Waals surface area contributed by atoms with Crippen molar-refractivity contribution in [2.75, 3.05) is 26.2 Å². The first kappa shape index (κ1) is 21.3. The Balaban J connectivity index is 1.17. The van der Waals surface area contributed by atoms with E-state index >= 15 is 0 Å². The van der Waals surface area contributed by atoms with Gasteiger partial charge in [-0.25, -0.2) is 0 Å². The molecule has 1 N–H and O–H groups in total. The smallest absolute Gasteiger partial charge is 0.237 e. The number of likely N-dealkylation sites (tertiary alicyclic amines) is 2. The van der Waals surface area contributed by atoms with Crippen molar-refractivity contribution in [3.8, 4) is 6.07 Å². The van der Waals surface area contributed by atoms with E-state index in [1.807, 2.05) is 11.3 Å². The van der Waals surface area contributed by atoms with Gasteiger partial charge in [0.2, 0.25) is 11.8 Å². The molecule has 3 heterocycles. The summed E-state index contributed by atoms with van der Waals surface area (Å²) in [5.41, 5.74) is 0. The normalized spacial score (nSPS) is 27.8. The molecule has 7 heteroatoms.